The minimum absolute atomic E-state index is 0.0184. The van der Waals surface area contributed by atoms with Gasteiger partial charge in [-0.05, 0) is 40.2 Å². The van der Waals surface area contributed by atoms with Crippen LogP contribution < -0.4 is 0 Å². The van der Waals surface area contributed by atoms with E-state index < -0.39 is 0 Å². The highest BCUT2D eigenvalue weighted by Crippen LogP contribution is 2.23. The van der Waals surface area contributed by atoms with Gasteiger partial charge in [0.2, 0.25) is 0 Å². The van der Waals surface area contributed by atoms with Crippen molar-refractivity contribution in [3.8, 4) is 0 Å². The Balaban J connectivity index is 4.15. The zero-order chi connectivity index (χ0) is 12.7. The predicted molar refractivity (Wildman–Crippen MR) is 76.5 cm³/mol. The quantitative estimate of drug-likeness (QED) is 0.640. The van der Waals surface area contributed by atoms with Crippen molar-refractivity contribution < 1.29 is 5.11 Å². The number of hydrogen-bond acceptors (Lipinski definition) is 3. The maximum Gasteiger partial charge on any atom is 0.0558 e. The van der Waals surface area contributed by atoms with Gasteiger partial charge in [-0.2, -0.15) is 0 Å². The first-order chi connectivity index (χ1) is 7.40. The smallest absolute Gasteiger partial charge is 0.0558 e. The highest BCUT2D eigenvalue weighted by molar-refractivity contribution is 8.13. The number of thiol groups is 1. The van der Waals surface area contributed by atoms with Gasteiger partial charge in [0.1, 0.15) is 0 Å². The zero-order valence-electron chi connectivity index (χ0n) is 11.8. The molecule has 1 N–H and O–H groups in total. The summed E-state index contributed by atoms with van der Waals surface area (Å²) in [5, 5.41) is 9.02. The lowest BCUT2D eigenvalue weighted by Gasteiger charge is -2.35. The molecule has 3 nitrogen and oxygen atoms in total. The first-order valence-electron chi connectivity index (χ1n) is 6.19. The fourth-order valence-corrected chi connectivity index (χ4v) is 3.32. The summed E-state index contributed by atoms with van der Waals surface area (Å²) >= 11 is -0.0184. The minimum Gasteiger partial charge on any atom is -0.395 e. The molecule has 0 saturated carbocycles. The van der Waals surface area contributed by atoms with Crippen molar-refractivity contribution in [1.29, 1.82) is 0 Å². The van der Waals surface area contributed by atoms with E-state index in [9.17, 15) is 0 Å². The maximum absolute atomic E-state index is 9.02. The Bertz CT molecular complexity index is 166. The van der Waals surface area contributed by atoms with E-state index in [2.05, 4.69) is 49.4 Å². The Labute approximate surface area is 104 Å². The lowest BCUT2D eigenvalue weighted by molar-refractivity contribution is 0.156. The molecule has 0 unspecified atom stereocenters. The molecule has 0 aromatic rings. The van der Waals surface area contributed by atoms with Crippen LogP contribution in [0.2, 0.25) is 0 Å². The van der Waals surface area contributed by atoms with E-state index in [-0.39, 0.29) is 17.7 Å². The van der Waals surface area contributed by atoms with E-state index in [4.69, 9.17) is 5.11 Å². The van der Waals surface area contributed by atoms with Gasteiger partial charge in [0.25, 0.3) is 0 Å². The van der Waals surface area contributed by atoms with Crippen molar-refractivity contribution in [2.45, 2.75) is 39.8 Å². The summed E-state index contributed by atoms with van der Waals surface area (Å²) in [7, 11) is 0. The Morgan fingerprint density at radius 1 is 0.938 bits per heavy atom. The molecule has 0 atom stereocenters. The summed E-state index contributed by atoms with van der Waals surface area (Å²) in [4.78, 5) is 2.34. The predicted octanol–water partition coefficient (Wildman–Crippen LogP) is 1.58. The highest BCUT2D eigenvalue weighted by atomic mass is 32.2. The summed E-state index contributed by atoms with van der Waals surface area (Å²) in [6.45, 7) is 12.1. The van der Waals surface area contributed by atoms with Crippen molar-refractivity contribution >= 4 is 11.1 Å². The second-order valence-corrected chi connectivity index (χ2v) is 7.17. The fraction of sp³-hybridized carbons (Fsp3) is 1.00. The summed E-state index contributed by atoms with van der Waals surface area (Å²) in [5.41, 5.74) is 0. The lowest BCUT2D eigenvalue weighted by Crippen LogP contribution is -2.41. The molecule has 0 radical (unpaired) electrons. The minimum atomic E-state index is -0.0184. The van der Waals surface area contributed by atoms with Crippen LogP contribution in [0.5, 0.6) is 0 Å². The molecule has 0 aromatic carbocycles. The van der Waals surface area contributed by atoms with Crippen LogP contribution in [-0.4, -0.2) is 65.1 Å². The van der Waals surface area contributed by atoms with Gasteiger partial charge in [-0.3, -0.25) is 9.21 Å². The molecule has 4 heteroatoms. The summed E-state index contributed by atoms with van der Waals surface area (Å²) in [6.07, 6.45) is 4.61. The molecule has 0 bridgehead atoms. The monoisotopic (exact) mass is 250 g/mol. The molecular formula is C12H30N2OS. The summed E-state index contributed by atoms with van der Waals surface area (Å²) < 4.78 is 2.56. The van der Waals surface area contributed by atoms with Gasteiger partial charge in [-0.1, -0.05) is 0 Å². The molecule has 0 spiro atoms. The third-order valence-electron chi connectivity index (χ3n) is 2.84. The third kappa shape index (κ3) is 6.09. The maximum atomic E-state index is 9.02. The third-order valence-corrected chi connectivity index (χ3v) is 4.53. The molecule has 0 aliphatic heterocycles. The van der Waals surface area contributed by atoms with Gasteiger partial charge in [0, 0.05) is 31.7 Å². The van der Waals surface area contributed by atoms with E-state index in [1.165, 1.54) is 0 Å². The molecule has 0 fully saturated rings. The van der Waals surface area contributed by atoms with Gasteiger partial charge in [-0.15, -0.1) is 0 Å². The van der Waals surface area contributed by atoms with Gasteiger partial charge in [0.15, 0.2) is 0 Å². The van der Waals surface area contributed by atoms with Gasteiger partial charge >= 0.3 is 0 Å². The number of aliphatic hydroxyl groups excluding tert-OH is 1. The number of hydrogen-bond donors (Lipinski definition) is 2. The molecular weight excluding hydrogens is 220 g/mol. The van der Waals surface area contributed by atoms with E-state index >= 15 is 0 Å². The largest absolute Gasteiger partial charge is 0.395 e. The summed E-state index contributed by atoms with van der Waals surface area (Å²) in [5.74, 6) is 0. The lowest BCUT2D eigenvalue weighted by atomic mass is 10.3. The normalized spacial score (nSPS) is 13.3. The molecule has 0 aliphatic carbocycles. The first kappa shape index (κ1) is 16.2. The van der Waals surface area contributed by atoms with Crippen LogP contribution in [0.1, 0.15) is 27.7 Å². The molecule has 16 heavy (non-hydrogen) atoms. The zero-order valence-corrected chi connectivity index (χ0v) is 12.7. The SMILES string of the molecule is CC(C)N(CCO)CCN(C(C)C)[SH](C)C. The van der Waals surface area contributed by atoms with Crippen LogP contribution in [0.4, 0.5) is 0 Å². The molecule has 0 rings (SSSR count). The topological polar surface area (TPSA) is 26.7 Å². The highest BCUT2D eigenvalue weighted by Gasteiger charge is 2.14. The van der Waals surface area contributed by atoms with Crippen LogP contribution in [0.25, 0.3) is 0 Å². The molecule has 100 valence electrons. The van der Waals surface area contributed by atoms with Crippen molar-refractivity contribution in [3.63, 3.8) is 0 Å². The van der Waals surface area contributed by atoms with Crippen LogP contribution in [0.3, 0.4) is 0 Å². The fourth-order valence-electron chi connectivity index (χ4n) is 1.91. The van der Waals surface area contributed by atoms with Crippen molar-refractivity contribution in [2.75, 3.05) is 38.8 Å². The molecule has 0 aromatic heterocycles. The van der Waals surface area contributed by atoms with E-state index in [0.29, 0.717) is 12.1 Å². The number of rotatable bonds is 8. The second-order valence-electron chi connectivity index (χ2n) is 4.96. The Kier molecular flexibility index (Phi) is 8.46. The number of nitrogens with zero attached hydrogens (tertiary/aromatic N) is 2. The van der Waals surface area contributed by atoms with Crippen LogP contribution in [0.15, 0.2) is 0 Å². The molecule has 0 aliphatic rings. The van der Waals surface area contributed by atoms with Gasteiger partial charge in [-0.25, -0.2) is 11.1 Å². The summed E-state index contributed by atoms with van der Waals surface area (Å²) in [6, 6.07) is 1.13. The second kappa shape index (κ2) is 8.34. The molecule has 0 heterocycles. The molecule has 0 saturated heterocycles. The van der Waals surface area contributed by atoms with Gasteiger partial charge < -0.3 is 5.11 Å². The van der Waals surface area contributed by atoms with Crippen LogP contribution >= 0.6 is 11.1 Å². The Hall–Kier alpha value is 0.230. The Morgan fingerprint density at radius 2 is 1.50 bits per heavy atom. The number of aliphatic hydroxyl groups is 1. The van der Waals surface area contributed by atoms with Crippen LogP contribution in [0, 0.1) is 0 Å². The van der Waals surface area contributed by atoms with Gasteiger partial charge in [0.05, 0.1) is 6.61 Å². The van der Waals surface area contributed by atoms with Crippen molar-refractivity contribution in [2.24, 2.45) is 0 Å². The van der Waals surface area contributed by atoms with Crippen molar-refractivity contribution in [1.82, 2.24) is 9.21 Å². The van der Waals surface area contributed by atoms with Crippen LogP contribution in [-0.2, 0) is 0 Å². The standard InChI is InChI=1S/C12H30N2OS/c1-11(2)13(9-10-15)7-8-14(12(3)4)16(5)6/h11-12,15-16H,7-10H2,1-6H3. The van der Waals surface area contributed by atoms with E-state index in [1.54, 1.807) is 0 Å². The molecule has 0 amide bonds. The van der Waals surface area contributed by atoms with E-state index in [0.717, 1.165) is 19.6 Å². The van der Waals surface area contributed by atoms with Crippen molar-refractivity contribution in [3.05, 3.63) is 0 Å². The average molecular weight is 250 g/mol. The average Bonchev–Trinajstić information content (AvgIpc) is 2.15. The van der Waals surface area contributed by atoms with E-state index in [1.807, 2.05) is 0 Å². The first-order valence-corrected chi connectivity index (χ1v) is 8.37. The Morgan fingerprint density at radius 3 is 1.81 bits per heavy atom.